The largest absolute Gasteiger partial charge is 0.348 e. The van der Waals surface area contributed by atoms with E-state index in [1.54, 1.807) is 28.8 Å². The number of hydrogen-bond acceptors (Lipinski definition) is 5. The molecule has 2 aliphatic heterocycles. The first kappa shape index (κ1) is 16.6. The molecule has 2 N–H and O–H groups in total. The lowest BCUT2D eigenvalue weighted by Crippen LogP contribution is -2.69. The van der Waals surface area contributed by atoms with Gasteiger partial charge in [0, 0.05) is 49.4 Å². The topological polar surface area (TPSA) is 81.3 Å². The number of hydrogen-bond donors (Lipinski definition) is 2. The van der Waals surface area contributed by atoms with Crippen LogP contribution < -0.4 is 5.32 Å². The van der Waals surface area contributed by atoms with Crippen molar-refractivity contribution in [2.45, 2.75) is 25.0 Å². The molecule has 0 bridgehead atoms. The number of imidazole rings is 1. The molecule has 2 atom stereocenters. The molecule has 4 heterocycles. The number of fused-ring (bicyclic) bond motifs is 1. The highest BCUT2D eigenvalue weighted by Crippen LogP contribution is 2.25. The number of amides is 2. The van der Waals surface area contributed by atoms with E-state index in [4.69, 9.17) is 11.6 Å². The van der Waals surface area contributed by atoms with E-state index in [-0.39, 0.29) is 11.8 Å². The summed E-state index contributed by atoms with van der Waals surface area (Å²) in [6, 6.07) is 2.95. The minimum absolute atomic E-state index is 0.0157. The molecule has 7 nitrogen and oxygen atoms in total. The normalized spacial score (nSPS) is 24.3. The van der Waals surface area contributed by atoms with Crippen molar-refractivity contribution in [1.29, 1.82) is 0 Å². The standard InChI is InChI=1S/C16H18ClN5O2S/c17-14-2-1-11(25-14)7-21-3-4-22-13(8-21)15(23)20-12(16(22)24)5-10-6-18-9-19-10/h1-2,6,9,12-13H,3-5,7-8H2,(H,18,19)(H,20,23)/t12-,13+/m1/s1. The molecule has 132 valence electrons. The summed E-state index contributed by atoms with van der Waals surface area (Å²) < 4.78 is 0.765. The summed E-state index contributed by atoms with van der Waals surface area (Å²) in [6.07, 6.45) is 3.68. The van der Waals surface area contributed by atoms with E-state index in [9.17, 15) is 9.59 Å². The van der Waals surface area contributed by atoms with Gasteiger partial charge >= 0.3 is 0 Å². The molecule has 2 aromatic heterocycles. The predicted octanol–water partition coefficient (Wildman–Crippen LogP) is 0.879. The molecular formula is C16H18ClN5O2S. The first-order chi connectivity index (χ1) is 12.1. The molecule has 2 aliphatic rings. The molecule has 4 rings (SSSR count). The van der Waals surface area contributed by atoms with Crippen molar-refractivity contribution in [1.82, 2.24) is 25.1 Å². The average Bonchev–Trinajstić information content (AvgIpc) is 3.24. The molecule has 0 spiro atoms. The van der Waals surface area contributed by atoms with E-state index < -0.39 is 12.1 Å². The lowest BCUT2D eigenvalue weighted by Gasteiger charge is -2.45. The van der Waals surface area contributed by atoms with Crippen molar-refractivity contribution in [3.05, 3.63) is 39.6 Å². The maximum absolute atomic E-state index is 12.7. The number of halogens is 1. The van der Waals surface area contributed by atoms with Gasteiger partial charge < -0.3 is 15.2 Å². The number of carbonyl (C=O) groups is 2. The summed E-state index contributed by atoms with van der Waals surface area (Å²) in [5.74, 6) is -0.101. The number of nitrogens with one attached hydrogen (secondary N) is 2. The second kappa shape index (κ2) is 6.78. The van der Waals surface area contributed by atoms with Crippen LogP contribution in [-0.4, -0.2) is 63.3 Å². The van der Waals surface area contributed by atoms with E-state index in [0.29, 0.717) is 19.5 Å². The van der Waals surface area contributed by atoms with Crippen LogP contribution in [0.2, 0.25) is 4.34 Å². The highest BCUT2D eigenvalue weighted by molar-refractivity contribution is 7.16. The molecule has 0 aromatic carbocycles. The van der Waals surface area contributed by atoms with Gasteiger partial charge in [0.05, 0.1) is 10.7 Å². The van der Waals surface area contributed by atoms with Crippen molar-refractivity contribution in [2.75, 3.05) is 19.6 Å². The fourth-order valence-electron chi connectivity index (χ4n) is 3.41. The third-order valence-corrected chi connectivity index (χ3v) is 5.87. The molecule has 9 heteroatoms. The molecule has 25 heavy (non-hydrogen) atoms. The molecule has 0 aliphatic carbocycles. The zero-order valence-corrected chi connectivity index (χ0v) is 15.0. The zero-order valence-electron chi connectivity index (χ0n) is 13.4. The van der Waals surface area contributed by atoms with Gasteiger partial charge in [0.1, 0.15) is 12.1 Å². The Kier molecular flexibility index (Phi) is 4.49. The number of carbonyl (C=O) groups excluding carboxylic acids is 2. The van der Waals surface area contributed by atoms with Gasteiger partial charge in [-0.15, -0.1) is 11.3 Å². The van der Waals surface area contributed by atoms with Crippen molar-refractivity contribution in [3.8, 4) is 0 Å². The number of nitrogens with zero attached hydrogens (tertiary/aromatic N) is 3. The first-order valence-corrected chi connectivity index (χ1v) is 9.34. The van der Waals surface area contributed by atoms with Crippen molar-refractivity contribution >= 4 is 34.8 Å². The molecule has 0 saturated carbocycles. The third kappa shape index (κ3) is 3.42. The fraction of sp³-hybridized carbons (Fsp3) is 0.438. The smallest absolute Gasteiger partial charge is 0.246 e. The van der Waals surface area contributed by atoms with Crippen LogP contribution in [0, 0.1) is 0 Å². The van der Waals surface area contributed by atoms with Crippen LogP contribution in [0.3, 0.4) is 0 Å². The van der Waals surface area contributed by atoms with E-state index >= 15 is 0 Å². The maximum Gasteiger partial charge on any atom is 0.246 e. The van der Waals surface area contributed by atoms with Crippen LogP contribution in [0.15, 0.2) is 24.7 Å². The molecule has 2 fully saturated rings. The van der Waals surface area contributed by atoms with Crippen molar-refractivity contribution < 1.29 is 9.59 Å². The second-order valence-corrected chi connectivity index (χ2v) is 8.13. The third-order valence-electron chi connectivity index (χ3n) is 4.65. The molecular weight excluding hydrogens is 362 g/mol. The van der Waals surface area contributed by atoms with Gasteiger partial charge in [-0.25, -0.2) is 4.98 Å². The lowest BCUT2D eigenvalue weighted by atomic mass is 10.0. The Hall–Kier alpha value is -1.90. The SMILES string of the molecule is O=C1N[C@H](Cc2cnc[nH]2)C(=O)N2CCN(Cc3ccc(Cl)s3)C[C@@H]12. The summed E-state index contributed by atoms with van der Waals surface area (Å²) in [4.78, 5) is 37.3. The Morgan fingerprint density at radius 1 is 1.32 bits per heavy atom. The van der Waals surface area contributed by atoms with Gasteiger partial charge in [0.2, 0.25) is 11.8 Å². The van der Waals surface area contributed by atoms with Gasteiger partial charge in [0.15, 0.2) is 0 Å². The number of rotatable bonds is 4. The monoisotopic (exact) mass is 379 g/mol. The predicted molar refractivity (Wildman–Crippen MR) is 94.3 cm³/mol. The van der Waals surface area contributed by atoms with Crippen LogP contribution >= 0.6 is 22.9 Å². The van der Waals surface area contributed by atoms with Gasteiger partial charge in [-0.1, -0.05) is 11.6 Å². The Bertz CT molecular complexity index is 777. The van der Waals surface area contributed by atoms with E-state index in [1.165, 1.54) is 0 Å². The number of aromatic nitrogens is 2. The summed E-state index contributed by atoms with van der Waals surface area (Å²) >= 11 is 7.53. The highest BCUT2D eigenvalue weighted by Gasteiger charge is 2.43. The van der Waals surface area contributed by atoms with E-state index in [2.05, 4.69) is 20.2 Å². The summed E-state index contributed by atoms with van der Waals surface area (Å²) in [5.41, 5.74) is 0.838. The number of aromatic amines is 1. The Balaban J connectivity index is 1.42. The Morgan fingerprint density at radius 3 is 2.92 bits per heavy atom. The maximum atomic E-state index is 12.7. The first-order valence-electron chi connectivity index (χ1n) is 8.15. The number of thiophene rings is 1. The van der Waals surface area contributed by atoms with Gasteiger partial charge in [0.25, 0.3) is 0 Å². The van der Waals surface area contributed by atoms with Crippen LogP contribution in [0.4, 0.5) is 0 Å². The summed E-state index contributed by atoms with van der Waals surface area (Å²) in [7, 11) is 0. The van der Waals surface area contributed by atoms with Crippen LogP contribution in [0.1, 0.15) is 10.6 Å². The van der Waals surface area contributed by atoms with Crippen LogP contribution in [-0.2, 0) is 22.6 Å². The van der Waals surface area contributed by atoms with Gasteiger partial charge in [-0.2, -0.15) is 0 Å². The molecule has 0 unspecified atom stereocenters. The highest BCUT2D eigenvalue weighted by atomic mass is 35.5. The quantitative estimate of drug-likeness (QED) is 0.826. The van der Waals surface area contributed by atoms with Crippen LogP contribution in [0.25, 0.3) is 0 Å². The zero-order chi connectivity index (χ0) is 17.4. The molecule has 2 amide bonds. The average molecular weight is 380 g/mol. The van der Waals surface area contributed by atoms with Gasteiger partial charge in [-0.3, -0.25) is 14.5 Å². The van der Waals surface area contributed by atoms with Crippen molar-refractivity contribution in [3.63, 3.8) is 0 Å². The number of piperazine rings is 2. The molecule has 2 aromatic rings. The number of H-pyrrole nitrogens is 1. The molecule has 0 radical (unpaired) electrons. The van der Waals surface area contributed by atoms with Crippen molar-refractivity contribution in [2.24, 2.45) is 0 Å². The Labute approximate surface area is 154 Å². The van der Waals surface area contributed by atoms with Gasteiger partial charge in [-0.05, 0) is 12.1 Å². The fourth-order valence-corrected chi connectivity index (χ4v) is 4.54. The molecule has 2 saturated heterocycles. The second-order valence-electron chi connectivity index (χ2n) is 6.33. The lowest BCUT2D eigenvalue weighted by molar-refractivity contribution is -0.153. The minimum atomic E-state index is -0.521. The van der Waals surface area contributed by atoms with Crippen LogP contribution in [0.5, 0.6) is 0 Å². The minimum Gasteiger partial charge on any atom is -0.348 e. The summed E-state index contributed by atoms with van der Waals surface area (Å²) in [5, 5.41) is 2.87. The van der Waals surface area contributed by atoms with E-state index in [1.807, 2.05) is 12.1 Å². The summed E-state index contributed by atoms with van der Waals surface area (Å²) in [6.45, 7) is 2.61. The van der Waals surface area contributed by atoms with E-state index in [0.717, 1.165) is 28.0 Å². The Morgan fingerprint density at radius 2 is 2.20 bits per heavy atom.